The van der Waals surface area contributed by atoms with Gasteiger partial charge in [-0.05, 0) is 33.5 Å². The van der Waals surface area contributed by atoms with E-state index in [1.807, 2.05) is 31.1 Å². The van der Waals surface area contributed by atoms with Crippen LogP contribution in [0.5, 0.6) is 0 Å². The topological polar surface area (TPSA) is 20.3 Å². The van der Waals surface area contributed by atoms with Crippen LogP contribution in [0.2, 0.25) is 0 Å². The Hall–Kier alpha value is -1.15. The molecule has 1 aromatic carbocycles. The maximum atomic E-state index is 11.5. The van der Waals surface area contributed by atoms with E-state index >= 15 is 0 Å². The highest BCUT2D eigenvalue weighted by molar-refractivity contribution is 5.83. The number of ketones is 1. The Morgan fingerprint density at radius 1 is 1.27 bits per heavy atom. The zero-order valence-corrected chi connectivity index (χ0v) is 9.95. The molecule has 0 aliphatic rings. The highest BCUT2D eigenvalue weighted by Gasteiger charge is 2.16. The second-order valence-electron chi connectivity index (χ2n) is 4.34. The Bertz CT molecular complexity index is 327. The number of hydrogen-bond acceptors (Lipinski definition) is 2. The fraction of sp³-hybridized carbons (Fsp3) is 0.462. The molecule has 0 amide bonds. The van der Waals surface area contributed by atoms with E-state index in [9.17, 15) is 4.79 Å². The van der Waals surface area contributed by atoms with E-state index in [0.717, 1.165) is 12.1 Å². The van der Waals surface area contributed by atoms with Crippen LogP contribution in [-0.2, 0) is 4.79 Å². The third-order valence-corrected chi connectivity index (χ3v) is 2.52. The molecule has 1 rings (SSSR count). The normalized spacial score (nSPS) is 12.9. The van der Waals surface area contributed by atoms with E-state index in [2.05, 4.69) is 19.1 Å². The second-order valence-corrected chi connectivity index (χ2v) is 4.34. The molecule has 15 heavy (non-hydrogen) atoms. The molecule has 0 radical (unpaired) electrons. The first-order valence-electron chi connectivity index (χ1n) is 5.22. The highest BCUT2D eigenvalue weighted by Crippen LogP contribution is 2.18. The van der Waals surface area contributed by atoms with E-state index in [-0.39, 0.29) is 11.7 Å². The SMILES string of the molecule is CC(=O)[C@H](CN(C)C)c1ccc(C)cc1. The van der Waals surface area contributed by atoms with Gasteiger partial charge in [-0.3, -0.25) is 4.79 Å². The highest BCUT2D eigenvalue weighted by atomic mass is 16.1. The Kier molecular flexibility index (Phi) is 4.04. The van der Waals surface area contributed by atoms with Gasteiger partial charge in [0.15, 0.2) is 0 Å². The van der Waals surface area contributed by atoms with Gasteiger partial charge in [0.05, 0.1) is 5.92 Å². The monoisotopic (exact) mass is 205 g/mol. The number of carbonyl (C=O) groups is 1. The largest absolute Gasteiger partial charge is 0.308 e. The van der Waals surface area contributed by atoms with Gasteiger partial charge in [0.1, 0.15) is 5.78 Å². The predicted octanol–water partition coefficient (Wildman–Crippen LogP) is 2.23. The van der Waals surface area contributed by atoms with Gasteiger partial charge in [0.2, 0.25) is 0 Å². The lowest BCUT2D eigenvalue weighted by molar-refractivity contribution is -0.118. The maximum Gasteiger partial charge on any atom is 0.138 e. The molecule has 0 aliphatic carbocycles. The van der Waals surface area contributed by atoms with Gasteiger partial charge < -0.3 is 4.90 Å². The minimum absolute atomic E-state index is 0.000556. The van der Waals surface area contributed by atoms with Crippen LogP contribution in [0, 0.1) is 6.92 Å². The number of rotatable bonds is 4. The van der Waals surface area contributed by atoms with Gasteiger partial charge >= 0.3 is 0 Å². The number of carbonyl (C=O) groups excluding carboxylic acids is 1. The average Bonchev–Trinajstić information content (AvgIpc) is 2.15. The predicted molar refractivity (Wildman–Crippen MR) is 63.2 cm³/mol. The fourth-order valence-electron chi connectivity index (χ4n) is 1.63. The van der Waals surface area contributed by atoms with Crippen molar-refractivity contribution >= 4 is 5.78 Å². The third kappa shape index (κ3) is 3.48. The standard InChI is InChI=1S/C13H19NO/c1-10-5-7-12(8-6-10)13(11(2)15)9-14(3)4/h5-8,13H,9H2,1-4H3/t13-/m0/s1. The molecule has 2 heteroatoms. The minimum atomic E-state index is 0.000556. The summed E-state index contributed by atoms with van der Waals surface area (Å²) in [5.41, 5.74) is 2.34. The average molecular weight is 205 g/mol. The zero-order valence-electron chi connectivity index (χ0n) is 9.95. The molecule has 0 aliphatic heterocycles. The van der Waals surface area contributed by atoms with Crippen LogP contribution >= 0.6 is 0 Å². The van der Waals surface area contributed by atoms with Crippen LogP contribution in [0.25, 0.3) is 0 Å². The molecule has 1 aromatic rings. The molecule has 0 heterocycles. The van der Waals surface area contributed by atoms with Crippen LogP contribution in [-0.4, -0.2) is 31.3 Å². The molecule has 2 nitrogen and oxygen atoms in total. The van der Waals surface area contributed by atoms with Crippen molar-refractivity contribution < 1.29 is 4.79 Å². The molecular formula is C13H19NO. The first-order chi connectivity index (χ1) is 7.00. The smallest absolute Gasteiger partial charge is 0.138 e. The zero-order chi connectivity index (χ0) is 11.4. The molecule has 82 valence electrons. The van der Waals surface area contributed by atoms with Crippen molar-refractivity contribution in [3.63, 3.8) is 0 Å². The van der Waals surface area contributed by atoms with Crippen molar-refractivity contribution in [2.75, 3.05) is 20.6 Å². The first-order valence-corrected chi connectivity index (χ1v) is 5.22. The quantitative estimate of drug-likeness (QED) is 0.751. The summed E-state index contributed by atoms with van der Waals surface area (Å²) in [4.78, 5) is 13.6. The Morgan fingerprint density at radius 3 is 2.20 bits per heavy atom. The molecule has 0 saturated carbocycles. The van der Waals surface area contributed by atoms with Crippen LogP contribution in [0.4, 0.5) is 0 Å². The third-order valence-electron chi connectivity index (χ3n) is 2.52. The summed E-state index contributed by atoms with van der Waals surface area (Å²) in [7, 11) is 3.98. The van der Waals surface area contributed by atoms with Crippen LogP contribution in [0.15, 0.2) is 24.3 Å². The van der Waals surface area contributed by atoms with Gasteiger partial charge in [-0.2, -0.15) is 0 Å². The molecule has 0 aromatic heterocycles. The van der Waals surface area contributed by atoms with Crippen molar-refractivity contribution in [1.29, 1.82) is 0 Å². The molecule has 0 unspecified atom stereocenters. The Labute approximate surface area is 91.9 Å². The lowest BCUT2D eigenvalue weighted by atomic mass is 9.94. The second kappa shape index (κ2) is 5.08. The minimum Gasteiger partial charge on any atom is -0.308 e. The van der Waals surface area contributed by atoms with Gasteiger partial charge in [0, 0.05) is 6.54 Å². The number of nitrogens with zero attached hydrogens (tertiary/aromatic N) is 1. The van der Waals surface area contributed by atoms with Crippen molar-refractivity contribution in [3.8, 4) is 0 Å². The van der Waals surface area contributed by atoms with Gasteiger partial charge in [-0.1, -0.05) is 29.8 Å². The van der Waals surface area contributed by atoms with Gasteiger partial charge in [-0.15, -0.1) is 0 Å². The summed E-state index contributed by atoms with van der Waals surface area (Å²) in [6, 6.07) is 8.21. The number of aryl methyl sites for hydroxylation is 1. The molecule has 0 saturated heterocycles. The van der Waals surface area contributed by atoms with Gasteiger partial charge in [0.25, 0.3) is 0 Å². The van der Waals surface area contributed by atoms with Crippen molar-refractivity contribution in [1.82, 2.24) is 4.90 Å². The Morgan fingerprint density at radius 2 is 1.80 bits per heavy atom. The molecular weight excluding hydrogens is 186 g/mol. The van der Waals surface area contributed by atoms with Crippen LogP contribution in [0.1, 0.15) is 24.0 Å². The van der Waals surface area contributed by atoms with E-state index in [0.29, 0.717) is 0 Å². The lowest BCUT2D eigenvalue weighted by Gasteiger charge is -2.19. The molecule has 0 spiro atoms. The number of Topliss-reactive ketones (excluding diaryl/α,β-unsaturated/α-hetero) is 1. The molecule has 0 N–H and O–H groups in total. The number of likely N-dealkylation sites (N-methyl/N-ethyl adjacent to an activating group) is 1. The van der Waals surface area contributed by atoms with Crippen molar-refractivity contribution in [3.05, 3.63) is 35.4 Å². The van der Waals surface area contributed by atoms with E-state index in [1.54, 1.807) is 6.92 Å². The lowest BCUT2D eigenvalue weighted by Crippen LogP contribution is -2.24. The van der Waals surface area contributed by atoms with E-state index < -0.39 is 0 Å². The van der Waals surface area contributed by atoms with Crippen molar-refractivity contribution in [2.24, 2.45) is 0 Å². The number of benzene rings is 1. The summed E-state index contributed by atoms with van der Waals surface area (Å²) < 4.78 is 0. The summed E-state index contributed by atoms with van der Waals surface area (Å²) in [5, 5.41) is 0. The van der Waals surface area contributed by atoms with Gasteiger partial charge in [-0.25, -0.2) is 0 Å². The van der Waals surface area contributed by atoms with E-state index in [1.165, 1.54) is 5.56 Å². The molecule has 0 fully saturated rings. The Balaban J connectivity index is 2.89. The number of hydrogen-bond donors (Lipinski definition) is 0. The van der Waals surface area contributed by atoms with Crippen molar-refractivity contribution in [2.45, 2.75) is 19.8 Å². The first kappa shape index (κ1) is 11.9. The molecule has 1 atom stereocenters. The summed E-state index contributed by atoms with van der Waals surface area (Å²) in [5.74, 6) is 0.230. The van der Waals surface area contributed by atoms with Crippen LogP contribution in [0.3, 0.4) is 0 Å². The summed E-state index contributed by atoms with van der Waals surface area (Å²) in [6.45, 7) is 4.49. The fourth-order valence-corrected chi connectivity index (χ4v) is 1.63. The molecule has 0 bridgehead atoms. The van der Waals surface area contributed by atoms with E-state index in [4.69, 9.17) is 0 Å². The summed E-state index contributed by atoms with van der Waals surface area (Å²) in [6.07, 6.45) is 0. The maximum absolute atomic E-state index is 11.5. The van der Waals surface area contributed by atoms with Crippen LogP contribution < -0.4 is 0 Å². The summed E-state index contributed by atoms with van der Waals surface area (Å²) >= 11 is 0.